The summed E-state index contributed by atoms with van der Waals surface area (Å²) in [6.45, 7) is 1.59. The number of nitrogens with two attached hydrogens (primary N) is 1. The smallest absolute Gasteiger partial charge is 0.292 e. The molecule has 0 aliphatic carbocycles. The van der Waals surface area contributed by atoms with E-state index in [0.717, 1.165) is 31.8 Å². The van der Waals surface area contributed by atoms with Crippen molar-refractivity contribution in [2.24, 2.45) is 0 Å². The Morgan fingerprint density at radius 2 is 2.50 bits per heavy atom. The van der Waals surface area contributed by atoms with Crippen molar-refractivity contribution in [1.29, 1.82) is 0 Å². The number of aromatic nitrogens is 1. The zero-order valence-electron chi connectivity index (χ0n) is 6.82. The first-order chi connectivity index (χ1) is 5.86. The molecule has 0 amide bonds. The van der Waals surface area contributed by atoms with Crippen LogP contribution in [0.3, 0.4) is 0 Å². The molecule has 1 atom stereocenters. The highest BCUT2D eigenvalue weighted by molar-refractivity contribution is 5.14. The second-order valence-electron chi connectivity index (χ2n) is 3.01. The second-order valence-corrected chi connectivity index (χ2v) is 3.01. The maximum absolute atomic E-state index is 5.37. The predicted octanol–water partition coefficient (Wildman–Crippen LogP) is 1.15. The van der Waals surface area contributed by atoms with Crippen molar-refractivity contribution in [3.05, 3.63) is 12.0 Å². The summed E-state index contributed by atoms with van der Waals surface area (Å²) >= 11 is 0. The van der Waals surface area contributed by atoms with Gasteiger partial charge in [-0.25, -0.2) is 4.98 Å². The quantitative estimate of drug-likeness (QED) is 0.683. The molecule has 2 rings (SSSR count). The Hall–Kier alpha value is -1.03. The first-order valence-electron chi connectivity index (χ1n) is 4.15. The average Bonchev–Trinajstić information content (AvgIpc) is 2.54. The van der Waals surface area contributed by atoms with Crippen LogP contribution in [0.15, 0.2) is 10.6 Å². The number of hydrogen-bond donors (Lipinski definition) is 1. The summed E-state index contributed by atoms with van der Waals surface area (Å²) in [6.07, 6.45) is 3.88. The highest BCUT2D eigenvalue weighted by Crippen LogP contribution is 2.25. The number of hydrogen-bond acceptors (Lipinski definition) is 4. The second kappa shape index (κ2) is 3.15. The van der Waals surface area contributed by atoms with Gasteiger partial charge in [0.1, 0.15) is 5.76 Å². The molecule has 66 valence electrons. The van der Waals surface area contributed by atoms with Crippen LogP contribution in [0, 0.1) is 0 Å². The van der Waals surface area contributed by atoms with Gasteiger partial charge >= 0.3 is 0 Å². The van der Waals surface area contributed by atoms with E-state index in [1.807, 2.05) is 0 Å². The molecule has 0 spiro atoms. The van der Waals surface area contributed by atoms with Crippen molar-refractivity contribution in [2.75, 3.05) is 18.9 Å². The Morgan fingerprint density at radius 3 is 3.08 bits per heavy atom. The SMILES string of the molecule is Nc1ncc(C2CCCOC2)o1. The Kier molecular flexibility index (Phi) is 1.99. The zero-order chi connectivity index (χ0) is 8.39. The molecule has 1 fully saturated rings. The van der Waals surface area contributed by atoms with E-state index in [1.54, 1.807) is 6.20 Å². The topological polar surface area (TPSA) is 61.3 Å². The summed E-state index contributed by atoms with van der Waals surface area (Å²) in [6, 6.07) is 0.246. The van der Waals surface area contributed by atoms with Crippen molar-refractivity contribution < 1.29 is 9.15 Å². The van der Waals surface area contributed by atoms with Crippen molar-refractivity contribution in [3.8, 4) is 0 Å². The van der Waals surface area contributed by atoms with Crippen molar-refractivity contribution in [3.63, 3.8) is 0 Å². The summed E-state index contributed by atoms with van der Waals surface area (Å²) in [7, 11) is 0. The van der Waals surface area contributed by atoms with Gasteiger partial charge in [0.05, 0.1) is 12.8 Å². The minimum absolute atomic E-state index is 0.246. The highest BCUT2D eigenvalue weighted by atomic mass is 16.5. The number of oxazole rings is 1. The summed E-state index contributed by atoms with van der Waals surface area (Å²) in [4.78, 5) is 3.85. The maximum atomic E-state index is 5.37. The first-order valence-corrected chi connectivity index (χ1v) is 4.15. The molecule has 2 heterocycles. The molecule has 1 unspecified atom stereocenters. The molecule has 1 aliphatic rings. The van der Waals surface area contributed by atoms with Gasteiger partial charge in [0.2, 0.25) is 0 Å². The Bertz CT molecular complexity index is 253. The van der Waals surface area contributed by atoms with Gasteiger partial charge in [0.15, 0.2) is 0 Å². The summed E-state index contributed by atoms with van der Waals surface area (Å²) in [5, 5.41) is 0. The Labute approximate surface area is 70.7 Å². The van der Waals surface area contributed by atoms with E-state index in [0.29, 0.717) is 5.92 Å². The lowest BCUT2D eigenvalue weighted by Crippen LogP contribution is -2.14. The third-order valence-electron chi connectivity index (χ3n) is 2.10. The van der Waals surface area contributed by atoms with Crippen LogP contribution >= 0.6 is 0 Å². The number of rotatable bonds is 1. The minimum atomic E-state index is 0.246. The fourth-order valence-corrected chi connectivity index (χ4v) is 1.45. The van der Waals surface area contributed by atoms with Crippen LogP contribution in [0.2, 0.25) is 0 Å². The molecule has 4 nitrogen and oxygen atoms in total. The Morgan fingerprint density at radius 1 is 1.58 bits per heavy atom. The first kappa shape index (κ1) is 7.61. The third-order valence-corrected chi connectivity index (χ3v) is 2.10. The zero-order valence-corrected chi connectivity index (χ0v) is 6.82. The van der Waals surface area contributed by atoms with Crippen LogP contribution in [-0.4, -0.2) is 18.2 Å². The van der Waals surface area contributed by atoms with Crippen LogP contribution < -0.4 is 5.73 Å². The molecule has 2 N–H and O–H groups in total. The fraction of sp³-hybridized carbons (Fsp3) is 0.625. The average molecular weight is 168 g/mol. The van der Waals surface area contributed by atoms with E-state index in [-0.39, 0.29) is 6.01 Å². The summed E-state index contributed by atoms with van der Waals surface area (Å²) in [5.41, 5.74) is 5.37. The van der Waals surface area contributed by atoms with E-state index in [4.69, 9.17) is 14.9 Å². The monoisotopic (exact) mass is 168 g/mol. The maximum Gasteiger partial charge on any atom is 0.292 e. The van der Waals surface area contributed by atoms with Crippen molar-refractivity contribution in [2.45, 2.75) is 18.8 Å². The third kappa shape index (κ3) is 1.43. The molecule has 0 aromatic carbocycles. The molecule has 0 bridgehead atoms. The van der Waals surface area contributed by atoms with Crippen LogP contribution in [0.1, 0.15) is 24.5 Å². The van der Waals surface area contributed by atoms with Gasteiger partial charge in [-0.15, -0.1) is 0 Å². The fourth-order valence-electron chi connectivity index (χ4n) is 1.45. The lowest BCUT2D eigenvalue weighted by Gasteiger charge is -2.19. The normalized spacial score (nSPS) is 24.2. The molecular formula is C8H12N2O2. The number of ether oxygens (including phenoxy) is 1. The molecule has 1 aliphatic heterocycles. The molecule has 1 saturated heterocycles. The lowest BCUT2D eigenvalue weighted by molar-refractivity contribution is 0.0744. The largest absolute Gasteiger partial charge is 0.429 e. The van der Waals surface area contributed by atoms with Gasteiger partial charge in [-0.05, 0) is 12.8 Å². The number of anilines is 1. The molecule has 12 heavy (non-hydrogen) atoms. The molecule has 4 heteroatoms. The number of nitrogen functional groups attached to an aromatic ring is 1. The van der Waals surface area contributed by atoms with Gasteiger partial charge < -0.3 is 14.9 Å². The standard InChI is InChI=1S/C8H12N2O2/c9-8-10-4-7(12-8)6-2-1-3-11-5-6/h4,6H,1-3,5H2,(H2,9,10). The predicted molar refractivity (Wildman–Crippen MR) is 43.7 cm³/mol. The van der Waals surface area contributed by atoms with Gasteiger partial charge in [0.25, 0.3) is 6.01 Å². The van der Waals surface area contributed by atoms with Crippen LogP contribution in [0.4, 0.5) is 6.01 Å². The van der Waals surface area contributed by atoms with E-state index < -0.39 is 0 Å². The van der Waals surface area contributed by atoms with E-state index in [1.165, 1.54) is 0 Å². The Balaban J connectivity index is 2.08. The highest BCUT2D eigenvalue weighted by Gasteiger charge is 2.19. The lowest BCUT2D eigenvalue weighted by atomic mass is 10.0. The van der Waals surface area contributed by atoms with Crippen LogP contribution in [0.25, 0.3) is 0 Å². The van der Waals surface area contributed by atoms with E-state index in [9.17, 15) is 0 Å². The van der Waals surface area contributed by atoms with Crippen LogP contribution in [-0.2, 0) is 4.74 Å². The molecule has 0 saturated carbocycles. The van der Waals surface area contributed by atoms with E-state index in [2.05, 4.69) is 4.98 Å². The molecule has 0 radical (unpaired) electrons. The van der Waals surface area contributed by atoms with Crippen LogP contribution in [0.5, 0.6) is 0 Å². The van der Waals surface area contributed by atoms with Gasteiger partial charge in [-0.2, -0.15) is 0 Å². The van der Waals surface area contributed by atoms with Crippen molar-refractivity contribution in [1.82, 2.24) is 4.98 Å². The molecular weight excluding hydrogens is 156 g/mol. The van der Waals surface area contributed by atoms with Gasteiger partial charge in [0, 0.05) is 12.5 Å². The summed E-state index contributed by atoms with van der Waals surface area (Å²) < 4.78 is 10.5. The van der Waals surface area contributed by atoms with Crippen molar-refractivity contribution >= 4 is 6.01 Å². The number of nitrogens with zero attached hydrogens (tertiary/aromatic N) is 1. The van der Waals surface area contributed by atoms with Gasteiger partial charge in [-0.1, -0.05) is 0 Å². The minimum Gasteiger partial charge on any atom is -0.429 e. The van der Waals surface area contributed by atoms with E-state index >= 15 is 0 Å². The van der Waals surface area contributed by atoms with Gasteiger partial charge in [-0.3, -0.25) is 0 Å². The molecule has 1 aromatic heterocycles. The molecule has 1 aromatic rings. The summed E-state index contributed by atoms with van der Waals surface area (Å²) in [5.74, 6) is 1.20.